The van der Waals surface area contributed by atoms with Crippen molar-refractivity contribution in [2.45, 2.75) is 34.9 Å². The molecule has 1 aliphatic heterocycles. The van der Waals surface area contributed by atoms with Crippen LogP contribution in [-0.2, 0) is 15.8 Å². The second-order valence-electron chi connectivity index (χ2n) is 6.61. The molecule has 3 aromatic rings. The number of benzene rings is 1. The fourth-order valence-electron chi connectivity index (χ4n) is 3.05. The quantitative estimate of drug-likeness (QED) is 0.470. The van der Waals surface area contributed by atoms with Gasteiger partial charge < -0.3 is 4.52 Å². The monoisotopic (exact) mass is 494 g/mol. The zero-order valence-corrected chi connectivity index (χ0v) is 18.7. The largest absolute Gasteiger partial charge is 0.338 e. The summed E-state index contributed by atoms with van der Waals surface area (Å²) in [5.41, 5.74) is 0.866. The highest BCUT2D eigenvalue weighted by molar-refractivity contribution is 9.10. The highest BCUT2D eigenvalue weighted by Gasteiger charge is 2.26. The maximum atomic E-state index is 12.7. The fraction of sp³-hybridized carbons (Fsp3) is 0.316. The lowest BCUT2D eigenvalue weighted by molar-refractivity contribution is 0.346. The van der Waals surface area contributed by atoms with E-state index in [4.69, 9.17) is 4.52 Å². The van der Waals surface area contributed by atoms with E-state index in [1.54, 1.807) is 16.4 Å². The lowest BCUT2D eigenvalue weighted by Crippen LogP contribution is -2.35. The Bertz CT molecular complexity index is 1080. The molecule has 152 valence electrons. The molecule has 1 saturated heterocycles. The van der Waals surface area contributed by atoms with Crippen molar-refractivity contribution >= 4 is 37.7 Å². The normalized spacial score (nSPS) is 15.5. The molecule has 3 heterocycles. The van der Waals surface area contributed by atoms with E-state index in [1.165, 1.54) is 18.0 Å². The number of rotatable bonds is 6. The van der Waals surface area contributed by atoms with Crippen molar-refractivity contribution in [1.82, 2.24) is 19.4 Å². The standard InChI is InChI=1S/C19H19BrN4O3S2/c20-15-6-4-5-14(11-15)19-22-17(27-23-19)13-28-18-8-7-16(12-21-18)29(25,26)24-9-2-1-3-10-24/h4-8,11-12H,1-3,9-10,13H2. The van der Waals surface area contributed by atoms with Gasteiger partial charge in [0.1, 0.15) is 4.90 Å². The lowest BCUT2D eigenvalue weighted by atomic mass is 10.2. The Balaban J connectivity index is 1.40. The minimum absolute atomic E-state index is 0.235. The Hall–Kier alpha value is -1.75. The smallest absolute Gasteiger partial charge is 0.244 e. The van der Waals surface area contributed by atoms with Crippen LogP contribution in [0.1, 0.15) is 25.2 Å². The Labute approximate surface area is 182 Å². The van der Waals surface area contributed by atoms with Crippen LogP contribution in [0.3, 0.4) is 0 Å². The second kappa shape index (κ2) is 8.95. The van der Waals surface area contributed by atoms with Gasteiger partial charge in [-0.15, -0.1) is 0 Å². The molecule has 0 bridgehead atoms. The minimum Gasteiger partial charge on any atom is -0.338 e. The molecule has 0 N–H and O–H groups in total. The predicted octanol–water partition coefficient (Wildman–Crippen LogP) is 4.36. The number of sulfonamides is 1. The van der Waals surface area contributed by atoms with E-state index in [-0.39, 0.29) is 4.90 Å². The van der Waals surface area contributed by atoms with Crippen LogP contribution < -0.4 is 0 Å². The van der Waals surface area contributed by atoms with Crippen molar-refractivity contribution in [2.75, 3.05) is 13.1 Å². The van der Waals surface area contributed by atoms with Gasteiger partial charge in [-0.05, 0) is 37.1 Å². The summed E-state index contributed by atoms with van der Waals surface area (Å²) in [5, 5.41) is 4.71. The Morgan fingerprint density at radius 2 is 1.97 bits per heavy atom. The molecule has 0 unspecified atom stereocenters. The molecule has 0 aliphatic carbocycles. The topological polar surface area (TPSA) is 89.2 Å². The molecule has 0 radical (unpaired) electrons. The molecule has 0 amide bonds. The molecule has 1 aromatic carbocycles. The molecule has 7 nitrogen and oxygen atoms in total. The van der Waals surface area contributed by atoms with Crippen molar-refractivity contribution in [2.24, 2.45) is 0 Å². The van der Waals surface area contributed by atoms with Gasteiger partial charge in [-0.1, -0.05) is 51.4 Å². The number of piperidine rings is 1. The van der Waals surface area contributed by atoms with E-state index in [2.05, 4.69) is 31.1 Å². The third-order valence-corrected chi connectivity index (χ3v) is 7.86. The van der Waals surface area contributed by atoms with Gasteiger partial charge >= 0.3 is 0 Å². The summed E-state index contributed by atoms with van der Waals surface area (Å²) in [6, 6.07) is 11.0. The number of hydrogen-bond donors (Lipinski definition) is 0. The van der Waals surface area contributed by atoms with E-state index in [9.17, 15) is 8.42 Å². The van der Waals surface area contributed by atoms with E-state index >= 15 is 0 Å². The summed E-state index contributed by atoms with van der Waals surface area (Å²) >= 11 is 4.84. The van der Waals surface area contributed by atoms with E-state index in [0.29, 0.717) is 35.6 Å². The Morgan fingerprint density at radius 3 is 2.69 bits per heavy atom. The van der Waals surface area contributed by atoms with E-state index in [0.717, 1.165) is 29.3 Å². The fourth-order valence-corrected chi connectivity index (χ4v) is 5.60. The van der Waals surface area contributed by atoms with Gasteiger partial charge in [0.15, 0.2) is 0 Å². The molecule has 2 aromatic heterocycles. The number of nitrogens with zero attached hydrogens (tertiary/aromatic N) is 4. The Kier molecular flexibility index (Phi) is 6.33. The van der Waals surface area contributed by atoms with Crippen LogP contribution in [0, 0.1) is 0 Å². The zero-order valence-electron chi connectivity index (χ0n) is 15.5. The van der Waals surface area contributed by atoms with Crippen LogP contribution in [0.15, 0.2) is 61.5 Å². The lowest BCUT2D eigenvalue weighted by Gasteiger charge is -2.25. The number of hydrogen-bond acceptors (Lipinski definition) is 7. The van der Waals surface area contributed by atoms with Crippen molar-refractivity contribution in [3.63, 3.8) is 0 Å². The van der Waals surface area contributed by atoms with Gasteiger partial charge in [0.25, 0.3) is 0 Å². The SMILES string of the molecule is O=S(=O)(c1ccc(SCc2nc(-c3cccc(Br)c3)no2)nc1)N1CCCCC1. The molecular weight excluding hydrogens is 476 g/mol. The summed E-state index contributed by atoms with van der Waals surface area (Å²) in [5.74, 6) is 1.46. The second-order valence-corrected chi connectivity index (χ2v) is 10.5. The molecule has 1 aliphatic rings. The molecular formula is C19H19BrN4O3S2. The van der Waals surface area contributed by atoms with Gasteiger partial charge in [-0.25, -0.2) is 13.4 Å². The first-order chi connectivity index (χ1) is 14.0. The van der Waals surface area contributed by atoms with Crippen molar-refractivity contribution in [1.29, 1.82) is 0 Å². The van der Waals surface area contributed by atoms with Crippen molar-refractivity contribution in [3.8, 4) is 11.4 Å². The first-order valence-corrected chi connectivity index (χ1v) is 12.4. The number of halogens is 1. The van der Waals surface area contributed by atoms with Crippen LogP contribution in [0.2, 0.25) is 0 Å². The molecule has 4 rings (SSSR count). The average molecular weight is 495 g/mol. The molecule has 0 saturated carbocycles. The van der Waals surface area contributed by atoms with Gasteiger partial charge in [0, 0.05) is 29.3 Å². The summed E-state index contributed by atoms with van der Waals surface area (Å²) in [6.07, 6.45) is 4.32. The zero-order chi connectivity index (χ0) is 20.3. The third kappa shape index (κ3) is 4.88. The molecule has 0 spiro atoms. The molecule has 0 atom stereocenters. The molecule has 1 fully saturated rings. The minimum atomic E-state index is -3.46. The molecule has 10 heteroatoms. The third-order valence-electron chi connectivity index (χ3n) is 4.56. The van der Waals surface area contributed by atoms with Crippen molar-refractivity contribution < 1.29 is 12.9 Å². The van der Waals surface area contributed by atoms with Crippen LogP contribution in [0.25, 0.3) is 11.4 Å². The van der Waals surface area contributed by atoms with Gasteiger partial charge in [0.05, 0.1) is 10.8 Å². The first kappa shape index (κ1) is 20.5. The predicted molar refractivity (Wildman–Crippen MR) is 114 cm³/mol. The van der Waals surface area contributed by atoms with Crippen LogP contribution >= 0.6 is 27.7 Å². The summed E-state index contributed by atoms with van der Waals surface area (Å²) in [6.45, 7) is 1.16. The summed E-state index contributed by atoms with van der Waals surface area (Å²) in [7, 11) is -3.46. The van der Waals surface area contributed by atoms with Gasteiger partial charge in [0.2, 0.25) is 21.7 Å². The van der Waals surface area contributed by atoms with Crippen LogP contribution in [0.4, 0.5) is 0 Å². The number of pyridine rings is 1. The van der Waals surface area contributed by atoms with Gasteiger partial charge in [-0.3, -0.25) is 0 Å². The maximum Gasteiger partial charge on any atom is 0.244 e. The van der Waals surface area contributed by atoms with E-state index in [1.807, 2.05) is 24.3 Å². The highest BCUT2D eigenvalue weighted by atomic mass is 79.9. The van der Waals surface area contributed by atoms with Crippen LogP contribution in [-0.4, -0.2) is 40.9 Å². The number of aromatic nitrogens is 3. The van der Waals surface area contributed by atoms with Crippen LogP contribution in [0.5, 0.6) is 0 Å². The molecule has 29 heavy (non-hydrogen) atoms. The highest BCUT2D eigenvalue weighted by Crippen LogP contribution is 2.25. The first-order valence-electron chi connectivity index (χ1n) is 9.20. The van der Waals surface area contributed by atoms with E-state index < -0.39 is 10.0 Å². The Morgan fingerprint density at radius 1 is 1.14 bits per heavy atom. The maximum absolute atomic E-state index is 12.7. The summed E-state index contributed by atoms with van der Waals surface area (Å²) in [4.78, 5) is 8.93. The summed E-state index contributed by atoms with van der Waals surface area (Å²) < 4.78 is 33.2. The van der Waals surface area contributed by atoms with Crippen molar-refractivity contribution in [3.05, 3.63) is 53.0 Å². The number of thioether (sulfide) groups is 1. The average Bonchev–Trinajstić information content (AvgIpc) is 3.22. The van der Waals surface area contributed by atoms with Gasteiger partial charge in [-0.2, -0.15) is 9.29 Å².